The quantitative estimate of drug-likeness (QED) is 0.903. The van der Waals surface area contributed by atoms with Gasteiger partial charge in [-0.15, -0.1) is 0 Å². The summed E-state index contributed by atoms with van der Waals surface area (Å²) in [5.74, 6) is 0.831. The molecule has 1 aliphatic carbocycles. The Kier molecular flexibility index (Phi) is 5.49. The summed E-state index contributed by atoms with van der Waals surface area (Å²) in [7, 11) is 4.01. The Labute approximate surface area is 140 Å². The molecule has 1 atom stereocenters. The van der Waals surface area contributed by atoms with Crippen molar-refractivity contribution >= 4 is 5.95 Å². The van der Waals surface area contributed by atoms with E-state index >= 15 is 0 Å². The summed E-state index contributed by atoms with van der Waals surface area (Å²) in [6.45, 7) is 5.99. The number of aromatic nitrogens is 2. The van der Waals surface area contributed by atoms with Crippen molar-refractivity contribution in [3.63, 3.8) is 0 Å². The van der Waals surface area contributed by atoms with E-state index in [4.69, 9.17) is 4.98 Å². The van der Waals surface area contributed by atoms with Crippen LogP contribution in [0.3, 0.4) is 0 Å². The summed E-state index contributed by atoms with van der Waals surface area (Å²) in [4.78, 5) is 13.9. The van der Waals surface area contributed by atoms with Crippen LogP contribution in [-0.2, 0) is 6.42 Å². The zero-order chi connectivity index (χ0) is 16.2. The van der Waals surface area contributed by atoms with Crippen molar-refractivity contribution < 1.29 is 0 Å². The standard InChI is InChI=1S/C18H31N5/c1-4-10-23-11-8-14(9-12-23)20-16-6-5-7-17-15(16)13-19-18(21-17)22(2)3/h13-14,16,20H,4-12H2,1-3H3/t16-/m0/s1. The van der Waals surface area contributed by atoms with Crippen LogP contribution in [0.1, 0.15) is 56.3 Å². The number of rotatable bonds is 5. The van der Waals surface area contributed by atoms with Gasteiger partial charge in [0.15, 0.2) is 0 Å². The molecular weight excluding hydrogens is 286 g/mol. The van der Waals surface area contributed by atoms with E-state index in [0.29, 0.717) is 12.1 Å². The normalized spacial score (nSPS) is 22.8. The fourth-order valence-electron chi connectivity index (χ4n) is 3.85. The summed E-state index contributed by atoms with van der Waals surface area (Å²) < 4.78 is 0. The Morgan fingerprint density at radius 3 is 2.74 bits per heavy atom. The molecule has 0 radical (unpaired) electrons. The molecule has 1 aromatic rings. The minimum Gasteiger partial charge on any atom is -0.347 e. The molecule has 2 aliphatic rings. The number of piperidine rings is 1. The van der Waals surface area contributed by atoms with Gasteiger partial charge >= 0.3 is 0 Å². The summed E-state index contributed by atoms with van der Waals surface area (Å²) in [5, 5.41) is 3.91. The van der Waals surface area contributed by atoms with Crippen LogP contribution in [0.5, 0.6) is 0 Å². The van der Waals surface area contributed by atoms with Crippen molar-refractivity contribution in [1.82, 2.24) is 20.2 Å². The molecule has 1 N–H and O–H groups in total. The fraction of sp³-hybridized carbons (Fsp3) is 0.778. The number of nitrogens with one attached hydrogen (secondary N) is 1. The zero-order valence-corrected chi connectivity index (χ0v) is 14.9. The molecule has 0 amide bonds. The van der Waals surface area contributed by atoms with E-state index in [0.717, 1.165) is 12.4 Å². The van der Waals surface area contributed by atoms with Gasteiger partial charge in [0.2, 0.25) is 5.95 Å². The van der Waals surface area contributed by atoms with E-state index in [1.165, 1.54) is 63.0 Å². The van der Waals surface area contributed by atoms with Crippen LogP contribution < -0.4 is 10.2 Å². The summed E-state index contributed by atoms with van der Waals surface area (Å²) in [6.07, 6.45) is 9.38. The molecule has 0 unspecified atom stereocenters. The Morgan fingerprint density at radius 2 is 2.04 bits per heavy atom. The molecule has 0 saturated carbocycles. The highest BCUT2D eigenvalue weighted by molar-refractivity contribution is 5.34. The SMILES string of the molecule is CCCN1CCC(N[C@H]2CCCc3nc(N(C)C)ncc32)CC1. The minimum atomic E-state index is 0.442. The Morgan fingerprint density at radius 1 is 1.26 bits per heavy atom. The van der Waals surface area contributed by atoms with Gasteiger partial charge in [-0.05, 0) is 58.2 Å². The number of hydrogen-bond donors (Lipinski definition) is 1. The zero-order valence-electron chi connectivity index (χ0n) is 14.9. The summed E-state index contributed by atoms with van der Waals surface area (Å²) in [5.41, 5.74) is 2.58. The van der Waals surface area contributed by atoms with Crippen LogP contribution in [0.15, 0.2) is 6.20 Å². The molecule has 1 fully saturated rings. The van der Waals surface area contributed by atoms with Gasteiger partial charge < -0.3 is 15.1 Å². The van der Waals surface area contributed by atoms with E-state index in [9.17, 15) is 0 Å². The number of aryl methyl sites for hydroxylation is 1. The number of anilines is 1. The van der Waals surface area contributed by atoms with Crippen molar-refractivity contribution in [3.8, 4) is 0 Å². The van der Waals surface area contributed by atoms with Gasteiger partial charge in [0.05, 0.1) is 5.69 Å². The van der Waals surface area contributed by atoms with Crippen molar-refractivity contribution in [2.24, 2.45) is 0 Å². The Balaban J connectivity index is 1.62. The molecular formula is C18H31N5. The van der Waals surface area contributed by atoms with Crippen molar-refractivity contribution in [3.05, 3.63) is 17.5 Å². The Hall–Kier alpha value is -1.20. The largest absolute Gasteiger partial charge is 0.347 e. The van der Waals surface area contributed by atoms with Crippen LogP contribution in [0, 0.1) is 0 Å². The second kappa shape index (κ2) is 7.58. The van der Waals surface area contributed by atoms with Crippen molar-refractivity contribution in [2.45, 2.75) is 57.5 Å². The molecule has 128 valence electrons. The monoisotopic (exact) mass is 317 g/mol. The first-order valence-corrected chi connectivity index (χ1v) is 9.19. The molecule has 0 aromatic carbocycles. The smallest absolute Gasteiger partial charge is 0.225 e. The number of nitrogens with zero attached hydrogens (tertiary/aromatic N) is 4. The van der Waals surface area contributed by atoms with E-state index < -0.39 is 0 Å². The molecule has 23 heavy (non-hydrogen) atoms. The molecule has 2 heterocycles. The van der Waals surface area contributed by atoms with Gasteiger partial charge in [0.25, 0.3) is 0 Å². The van der Waals surface area contributed by atoms with Crippen LogP contribution >= 0.6 is 0 Å². The van der Waals surface area contributed by atoms with Crippen LogP contribution in [0.25, 0.3) is 0 Å². The van der Waals surface area contributed by atoms with E-state index in [2.05, 4.69) is 28.3 Å². The number of likely N-dealkylation sites (tertiary alicyclic amines) is 1. The van der Waals surface area contributed by atoms with Gasteiger partial charge in [-0.2, -0.15) is 0 Å². The second-order valence-corrected chi connectivity index (χ2v) is 7.19. The third-order valence-electron chi connectivity index (χ3n) is 5.13. The van der Waals surface area contributed by atoms with Gasteiger partial charge in [0.1, 0.15) is 0 Å². The highest BCUT2D eigenvalue weighted by Crippen LogP contribution is 2.30. The first-order valence-electron chi connectivity index (χ1n) is 9.19. The predicted molar refractivity (Wildman–Crippen MR) is 94.9 cm³/mol. The van der Waals surface area contributed by atoms with E-state index in [-0.39, 0.29) is 0 Å². The van der Waals surface area contributed by atoms with Crippen molar-refractivity contribution in [2.75, 3.05) is 38.6 Å². The maximum absolute atomic E-state index is 4.76. The molecule has 5 nitrogen and oxygen atoms in total. The first-order chi connectivity index (χ1) is 11.2. The van der Waals surface area contributed by atoms with Crippen LogP contribution in [0.2, 0.25) is 0 Å². The number of hydrogen-bond acceptors (Lipinski definition) is 5. The fourth-order valence-corrected chi connectivity index (χ4v) is 3.85. The number of fused-ring (bicyclic) bond motifs is 1. The molecule has 1 aliphatic heterocycles. The average molecular weight is 317 g/mol. The third kappa shape index (κ3) is 4.01. The molecule has 1 saturated heterocycles. The third-order valence-corrected chi connectivity index (χ3v) is 5.13. The molecule has 0 bridgehead atoms. The molecule has 0 spiro atoms. The summed E-state index contributed by atoms with van der Waals surface area (Å²) >= 11 is 0. The first kappa shape index (κ1) is 16.7. The highest BCUT2D eigenvalue weighted by Gasteiger charge is 2.26. The van der Waals surface area contributed by atoms with Gasteiger partial charge in [-0.1, -0.05) is 6.92 Å². The van der Waals surface area contributed by atoms with Gasteiger partial charge in [-0.3, -0.25) is 0 Å². The topological polar surface area (TPSA) is 44.3 Å². The summed E-state index contributed by atoms with van der Waals surface area (Å²) in [6, 6.07) is 1.09. The van der Waals surface area contributed by atoms with Crippen LogP contribution in [-0.4, -0.2) is 54.6 Å². The second-order valence-electron chi connectivity index (χ2n) is 7.19. The maximum atomic E-state index is 4.76. The predicted octanol–water partition coefficient (Wildman–Crippen LogP) is 2.38. The Bertz CT molecular complexity index is 508. The lowest BCUT2D eigenvalue weighted by atomic mass is 9.91. The van der Waals surface area contributed by atoms with Crippen molar-refractivity contribution in [1.29, 1.82) is 0 Å². The van der Waals surface area contributed by atoms with Gasteiger partial charge in [-0.25, -0.2) is 9.97 Å². The van der Waals surface area contributed by atoms with Gasteiger partial charge in [0, 0.05) is 37.9 Å². The average Bonchev–Trinajstić information content (AvgIpc) is 2.56. The molecule has 3 rings (SSSR count). The van der Waals surface area contributed by atoms with E-state index in [1.54, 1.807) is 0 Å². The minimum absolute atomic E-state index is 0.442. The maximum Gasteiger partial charge on any atom is 0.225 e. The lowest BCUT2D eigenvalue weighted by Gasteiger charge is -2.36. The van der Waals surface area contributed by atoms with E-state index in [1.807, 2.05) is 19.0 Å². The molecule has 1 aromatic heterocycles. The lowest BCUT2D eigenvalue weighted by Crippen LogP contribution is -2.44. The van der Waals surface area contributed by atoms with Crippen LogP contribution in [0.4, 0.5) is 5.95 Å². The molecule has 5 heteroatoms. The highest BCUT2D eigenvalue weighted by atomic mass is 15.2. The lowest BCUT2D eigenvalue weighted by molar-refractivity contribution is 0.188.